The third-order valence-electron chi connectivity index (χ3n) is 5.67. The van der Waals surface area contributed by atoms with Gasteiger partial charge in [-0.25, -0.2) is 9.97 Å². The van der Waals surface area contributed by atoms with E-state index in [1.807, 2.05) is 36.5 Å². The largest absolute Gasteiger partial charge is 0.493 e. The van der Waals surface area contributed by atoms with Crippen LogP contribution in [0.5, 0.6) is 11.5 Å². The van der Waals surface area contributed by atoms with Crippen LogP contribution in [0.1, 0.15) is 6.42 Å². The van der Waals surface area contributed by atoms with E-state index >= 15 is 0 Å². The number of hydrogen-bond donors (Lipinski definition) is 1. The van der Waals surface area contributed by atoms with E-state index in [1.165, 1.54) is 0 Å². The minimum Gasteiger partial charge on any atom is -0.493 e. The molecule has 1 saturated heterocycles. The van der Waals surface area contributed by atoms with Gasteiger partial charge in [0.2, 0.25) is 0 Å². The number of aromatic amines is 1. The monoisotopic (exact) mass is 429 g/mol. The first-order chi connectivity index (χ1) is 15.8. The molecule has 0 unspecified atom stereocenters. The molecule has 2 aromatic carbocycles. The van der Waals surface area contributed by atoms with E-state index in [0.717, 1.165) is 78.1 Å². The van der Waals surface area contributed by atoms with Crippen molar-refractivity contribution in [1.82, 2.24) is 19.9 Å². The van der Waals surface area contributed by atoms with Crippen LogP contribution in [0.25, 0.3) is 33.1 Å². The molecule has 2 aromatic heterocycles. The number of fused-ring (bicyclic) bond motifs is 2. The van der Waals surface area contributed by atoms with Crippen molar-refractivity contribution in [1.29, 1.82) is 5.26 Å². The normalized spacial score (nSPS) is 14.5. The fourth-order valence-electron chi connectivity index (χ4n) is 4.06. The lowest BCUT2D eigenvalue weighted by Gasteiger charge is -2.26. The van der Waals surface area contributed by atoms with Crippen molar-refractivity contribution in [3.05, 3.63) is 48.9 Å². The lowest BCUT2D eigenvalue weighted by molar-refractivity contribution is 0.0358. The van der Waals surface area contributed by atoms with Gasteiger partial charge in [-0.2, -0.15) is 0 Å². The van der Waals surface area contributed by atoms with E-state index in [1.54, 1.807) is 18.6 Å². The second-order valence-electron chi connectivity index (χ2n) is 7.66. The Hall–Kier alpha value is -3.67. The first kappa shape index (κ1) is 20.2. The minimum absolute atomic E-state index is 0.493. The predicted molar refractivity (Wildman–Crippen MR) is 120 cm³/mol. The highest BCUT2D eigenvalue weighted by atomic mass is 16.5. The molecule has 0 amide bonds. The molecular formula is C24H23N5O3. The molecule has 0 aliphatic carbocycles. The molecule has 5 rings (SSSR count). The Morgan fingerprint density at radius 2 is 1.94 bits per heavy atom. The van der Waals surface area contributed by atoms with Crippen molar-refractivity contribution in [3.8, 4) is 29.0 Å². The number of aromatic nitrogens is 3. The lowest BCUT2D eigenvalue weighted by atomic mass is 10.1. The quantitative estimate of drug-likeness (QED) is 0.353. The molecule has 1 N–H and O–H groups in total. The number of morpholine rings is 1. The Morgan fingerprint density at radius 1 is 1.06 bits per heavy atom. The summed E-state index contributed by atoms with van der Waals surface area (Å²) in [5.74, 6) is 1.29. The standard InChI is InChI=1S/C24H23N5O3/c25-15-32-17-3-5-22-20(12-17)21(14-26-22)24-19-4-2-18(13-23(19)27-16-28-24)31-9-1-6-29-7-10-30-11-8-29/h2-5,12-14,16,26H,1,6-11H2. The van der Waals surface area contributed by atoms with Crippen molar-refractivity contribution < 1.29 is 14.2 Å². The zero-order valence-electron chi connectivity index (χ0n) is 17.6. The molecule has 0 spiro atoms. The Morgan fingerprint density at radius 3 is 2.81 bits per heavy atom. The Balaban J connectivity index is 1.35. The van der Waals surface area contributed by atoms with Gasteiger partial charge in [0.1, 0.15) is 17.8 Å². The molecule has 1 aliphatic rings. The molecule has 0 atom stereocenters. The van der Waals surface area contributed by atoms with Crippen molar-refractivity contribution in [2.75, 3.05) is 39.5 Å². The van der Waals surface area contributed by atoms with Crippen LogP contribution in [0, 0.1) is 11.5 Å². The van der Waals surface area contributed by atoms with Crippen LogP contribution >= 0.6 is 0 Å². The number of hydrogen-bond acceptors (Lipinski definition) is 7. The van der Waals surface area contributed by atoms with Gasteiger partial charge in [-0.05, 0) is 36.8 Å². The van der Waals surface area contributed by atoms with Crippen LogP contribution in [-0.4, -0.2) is 59.3 Å². The van der Waals surface area contributed by atoms with E-state index < -0.39 is 0 Å². The Bertz CT molecular complexity index is 1270. The molecule has 8 heteroatoms. The van der Waals surface area contributed by atoms with Gasteiger partial charge in [0.05, 0.1) is 31.0 Å². The number of H-pyrrole nitrogens is 1. The van der Waals surface area contributed by atoms with Gasteiger partial charge in [0.25, 0.3) is 6.26 Å². The molecule has 0 bridgehead atoms. The van der Waals surface area contributed by atoms with E-state index in [9.17, 15) is 0 Å². The summed E-state index contributed by atoms with van der Waals surface area (Å²) in [6.07, 6.45) is 6.16. The molecule has 32 heavy (non-hydrogen) atoms. The summed E-state index contributed by atoms with van der Waals surface area (Å²) in [5.41, 5.74) is 3.50. The zero-order chi connectivity index (χ0) is 21.8. The van der Waals surface area contributed by atoms with E-state index in [-0.39, 0.29) is 0 Å². The van der Waals surface area contributed by atoms with Crippen molar-refractivity contribution >= 4 is 21.8 Å². The molecule has 3 heterocycles. The third-order valence-corrected chi connectivity index (χ3v) is 5.67. The molecule has 162 valence electrons. The highest BCUT2D eigenvalue weighted by molar-refractivity contribution is 6.03. The smallest absolute Gasteiger partial charge is 0.292 e. The minimum atomic E-state index is 0.493. The van der Waals surface area contributed by atoms with Crippen LogP contribution in [0.4, 0.5) is 0 Å². The lowest BCUT2D eigenvalue weighted by Crippen LogP contribution is -2.37. The summed E-state index contributed by atoms with van der Waals surface area (Å²) in [6.45, 7) is 5.29. The third kappa shape index (κ3) is 4.21. The van der Waals surface area contributed by atoms with Crippen molar-refractivity contribution in [2.24, 2.45) is 0 Å². The number of benzene rings is 2. The number of nitrogens with one attached hydrogen (secondary N) is 1. The fourth-order valence-corrected chi connectivity index (χ4v) is 4.06. The van der Waals surface area contributed by atoms with E-state index in [0.29, 0.717) is 12.4 Å². The van der Waals surface area contributed by atoms with Crippen LogP contribution in [0.2, 0.25) is 0 Å². The Labute approximate surface area is 185 Å². The van der Waals surface area contributed by atoms with Crippen molar-refractivity contribution in [2.45, 2.75) is 6.42 Å². The topological polar surface area (TPSA) is 96.3 Å². The average molecular weight is 429 g/mol. The number of ether oxygens (including phenoxy) is 3. The fraction of sp³-hybridized carbons (Fsp3) is 0.292. The number of nitrogens with zero attached hydrogens (tertiary/aromatic N) is 4. The van der Waals surface area contributed by atoms with Gasteiger partial charge >= 0.3 is 0 Å². The zero-order valence-corrected chi connectivity index (χ0v) is 17.6. The summed E-state index contributed by atoms with van der Waals surface area (Å²) in [4.78, 5) is 14.7. The second kappa shape index (κ2) is 9.22. The average Bonchev–Trinajstić information content (AvgIpc) is 3.25. The van der Waals surface area contributed by atoms with Crippen molar-refractivity contribution in [3.63, 3.8) is 0 Å². The molecule has 8 nitrogen and oxygen atoms in total. The van der Waals surface area contributed by atoms with Gasteiger partial charge in [0, 0.05) is 53.8 Å². The molecule has 1 aliphatic heterocycles. The maximum Gasteiger partial charge on any atom is 0.292 e. The Kier molecular flexibility index (Phi) is 5.83. The number of rotatable bonds is 7. The molecular weight excluding hydrogens is 406 g/mol. The van der Waals surface area contributed by atoms with Gasteiger partial charge in [-0.1, -0.05) is 0 Å². The van der Waals surface area contributed by atoms with Gasteiger partial charge < -0.3 is 19.2 Å². The van der Waals surface area contributed by atoms with Gasteiger partial charge in [-0.3, -0.25) is 4.90 Å². The van der Waals surface area contributed by atoms with Crippen LogP contribution < -0.4 is 9.47 Å². The SMILES string of the molecule is N#COc1ccc2[nH]cc(-c3ncnc4cc(OCCCN5CCOCC5)ccc34)c2c1. The summed E-state index contributed by atoms with van der Waals surface area (Å²) in [7, 11) is 0. The highest BCUT2D eigenvalue weighted by Crippen LogP contribution is 2.34. The second-order valence-corrected chi connectivity index (χ2v) is 7.66. The van der Waals surface area contributed by atoms with E-state index in [2.05, 4.69) is 19.9 Å². The molecule has 0 saturated carbocycles. The summed E-state index contributed by atoms with van der Waals surface area (Å²) in [6, 6.07) is 11.4. The first-order valence-corrected chi connectivity index (χ1v) is 10.7. The highest BCUT2D eigenvalue weighted by Gasteiger charge is 2.14. The molecule has 1 fully saturated rings. The van der Waals surface area contributed by atoms with Crippen LogP contribution in [0.3, 0.4) is 0 Å². The number of nitriles is 1. The van der Waals surface area contributed by atoms with E-state index in [4.69, 9.17) is 19.5 Å². The first-order valence-electron chi connectivity index (χ1n) is 10.7. The summed E-state index contributed by atoms with van der Waals surface area (Å²) in [5, 5.41) is 10.7. The maximum atomic E-state index is 8.82. The van der Waals surface area contributed by atoms with Gasteiger partial charge in [-0.15, -0.1) is 5.26 Å². The summed E-state index contributed by atoms with van der Waals surface area (Å²) >= 11 is 0. The van der Waals surface area contributed by atoms with Gasteiger partial charge in [0.15, 0.2) is 0 Å². The van der Waals surface area contributed by atoms with Crippen LogP contribution in [0.15, 0.2) is 48.9 Å². The molecule has 0 radical (unpaired) electrons. The van der Waals surface area contributed by atoms with Crippen LogP contribution in [-0.2, 0) is 4.74 Å². The maximum absolute atomic E-state index is 8.82. The predicted octanol–water partition coefficient (Wildman–Crippen LogP) is 3.74. The summed E-state index contributed by atoms with van der Waals surface area (Å²) < 4.78 is 16.4. The molecule has 4 aromatic rings.